The van der Waals surface area contributed by atoms with E-state index in [1.165, 1.54) is 11.9 Å². The van der Waals surface area contributed by atoms with Crippen LogP contribution in [0, 0.1) is 0 Å². The number of halogens is 1. The molecule has 10 heteroatoms. The molecule has 1 aliphatic rings. The van der Waals surface area contributed by atoms with Gasteiger partial charge in [-0.2, -0.15) is 0 Å². The maximum absolute atomic E-state index is 12.0. The van der Waals surface area contributed by atoms with Gasteiger partial charge in [-0.3, -0.25) is 14.4 Å². The first-order valence-electron chi connectivity index (χ1n) is 7.83. The number of carbonyl (C=O) groups excluding carboxylic acids is 3. The Hall–Kier alpha value is -1.94. The molecule has 0 aliphatic carbocycles. The first-order valence-corrected chi connectivity index (χ1v) is 10.4. The van der Waals surface area contributed by atoms with Gasteiger partial charge in [0.2, 0.25) is 0 Å². The molecular formula is C16H19BrN2O6S. The highest BCUT2D eigenvalue weighted by Crippen LogP contribution is 2.16. The van der Waals surface area contributed by atoms with E-state index in [0.717, 1.165) is 4.47 Å². The zero-order chi connectivity index (χ0) is 19.3. The Morgan fingerprint density at radius 2 is 2.08 bits per heavy atom. The van der Waals surface area contributed by atoms with Gasteiger partial charge in [-0.1, -0.05) is 22.0 Å². The molecule has 2 rings (SSSR count). The average molecular weight is 447 g/mol. The molecule has 0 bridgehead atoms. The molecule has 1 aliphatic heterocycles. The molecule has 1 unspecified atom stereocenters. The van der Waals surface area contributed by atoms with Gasteiger partial charge in [-0.25, -0.2) is 8.42 Å². The number of likely N-dealkylation sites (N-methyl/N-ethyl adjacent to an activating group) is 1. The number of rotatable bonds is 6. The zero-order valence-corrected chi connectivity index (χ0v) is 16.5. The molecular weight excluding hydrogens is 428 g/mol. The van der Waals surface area contributed by atoms with Crippen LogP contribution in [0.25, 0.3) is 0 Å². The molecule has 1 atom stereocenters. The fourth-order valence-electron chi connectivity index (χ4n) is 2.46. The SMILES string of the molecule is CN(C(=O)COC(=O)CNC(=O)c1cccc(Br)c1)C1CCS(=O)(=O)C1. The Kier molecular flexibility index (Phi) is 6.76. The predicted molar refractivity (Wildman–Crippen MR) is 97.3 cm³/mol. The van der Waals surface area contributed by atoms with E-state index >= 15 is 0 Å². The van der Waals surface area contributed by atoms with Crippen molar-refractivity contribution in [3.8, 4) is 0 Å². The standard InChI is InChI=1S/C16H19BrN2O6S/c1-19(13-5-6-26(23,24)10-13)14(20)9-25-15(21)8-18-16(22)11-3-2-4-12(17)7-11/h2-4,7,13H,5-6,8-10H2,1H3,(H,18,22). The van der Waals surface area contributed by atoms with Crippen molar-refractivity contribution in [1.29, 1.82) is 0 Å². The lowest BCUT2D eigenvalue weighted by Gasteiger charge is -2.23. The third kappa shape index (κ3) is 5.80. The molecule has 1 fully saturated rings. The van der Waals surface area contributed by atoms with Gasteiger partial charge in [0.1, 0.15) is 6.54 Å². The summed E-state index contributed by atoms with van der Waals surface area (Å²) >= 11 is 3.25. The number of ether oxygens (including phenoxy) is 1. The molecule has 1 N–H and O–H groups in total. The number of hydrogen-bond acceptors (Lipinski definition) is 6. The first-order chi connectivity index (χ1) is 12.2. The first kappa shape index (κ1) is 20.4. The van der Waals surface area contributed by atoms with Crippen LogP contribution >= 0.6 is 15.9 Å². The summed E-state index contributed by atoms with van der Waals surface area (Å²) in [4.78, 5) is 36.9. The number of benzene rings is 1. The number of nitrogens with one attached hydrogen (secondary N) is 1. The Morgan fingerprint density at radius 3 is 2.69 bits per heavy atom. The summed E-state index contributed by atoms with van der Waals surface area (Å²) in [5.41, 5.74) is 0.380. The van der Waals surface area contributed by atoms with E-state index < -0.39 is 40.3 Å². The van der Waals surface area contributed by atoms with Gasteiger partial charge in [-0.15, -0.1) is 0 Å². The minimum Gasteiger partial charge on any atom is -0.454 e. The number of nitrogens with zero attached hydrogens (tertiary/aromatic N) is 1. The fourth-order valence-corrected chi connectivity index (χ4v) is 4.64. The van der Waals surface area contributed by atoms with Gasteiger partial charge in [-0.05, 0) is 24.6 Å². The minimum atomic E-state index is -3.11. The van der Waals surface area contributed by atoms with Crippen LogP contribution in [0.1, 0.15) is 16.8 Å². The Bertz CT molecular complexity index is 811. The largest absolute Gasteiger partial charge is 0.454 e. The van der Waals surface area contributed by atoms with Crippen LogP contribution < -0.4 is 5.32 Å². The molecule has 142 valence electrons. The highest BCUT2D eigenvalue weighted by Gasteiger charge is 2.32. The minimum absolute atomic E-state index is 0.0523. The quantitative estimate of drug-likeness (QED) is 0.631. The van der Waals surface area contributed by atoms with Gasteiger partial charge in [0, 0.05) is 23.1 Å². The lowest BCUT2D eigenvalue weighted by Crippen LogP contribution is -2.41. The summed E-state index contributed by atoms with van der Waals surface area (Å²) < 4.78 is 28.5. The summed E-state index contributed by atoms with van der Waals surface area (Å²) in [5.74, 6) is -1.71. The summed E-state index contributed by atoms with van der Waals surface area (Å²) in [6, 6.07) is 6.26. The van der Waals surface area contributed by atoms with Gasteiger partial charge in [0.05, 0.1) is 11.5 Å². The molecule has 0 saturated carbocycles. The maximum atomic E-state index is 12.0. The molecule has 0 spiro atoms. The van der Waals surface area contributed by atoms with E-state index in [-0.39, 0.29) is 18.1 Å². The normalized spacial score (nSPS) is 18.2. The predicted octanol–water partition coefficient (Wildman–Crippen LogP) is 0.368. The topological polar surface area (TPSA) is 110 Å². The van der Waals surface area contributed by atoms with Crippen LogP contribution in [0.2, 0.25) is 0 Å². The lowest BCUT2D eigenvalue weighted by molar-refractivity contribution is -0.151. The van der Waals surface area contributed by atoms with Crippen molar-refractivity contribution in [3.05, 3.63) is 34.3 Å². The average Bonchev–Trinajstić information content (AvgIpc) is 2.96. The van der Waals surface area contributed by atoms with E-state index in [9.17, 15) is 22.8 Å². The fraction of sp³-hybridized carbons (Fsp3) is 0.438. The third-order valence-corrected chi connectivity index (χ3v) is 6.23. The monoisotopic (exact) mass is 446 g/mol. The number of esters is 1. The van der Waals surface area contributed by atoms with Crippen LogP contribution in [0.3, 0.4) is 0 Å². The van der Waals surface area contributed by atoms with Crippen molar-refractivity contribution < 1.29 is 27.5 Å². The van der Waals surface area contributed by atoms with Gasteiger partial charge in [0.25, 0.3) is 11.8 Å². The molecule has 1 heterocycles. The smallest absolute Gasteiger partial charge is 0.325 e. The third-order valence-electron chi connectivity index (χ3n) is 3.99. The number of sulfone groups is 1. The molecule has 8 nitrogen and oxygen atoms in total. The van der Waals surface area contributed by atoms with Gasteiger partial charge in [0.15, 0.2) is 16.4 Å². The molecule has 0 radical (unpaired) electrons. The summed E-state index contributed by atoms with van der Waals surface area (Å²) in [5, 5.41) is 2.41. The number of carbonyl (C=O) groups is 3. The molecule has 26 heavy (non-hydrogen) atoms. The molecule has 1 saturated heterocycles. The second-order valence-corrected chi connectivity index (χ2v) is 9.06. The van der Waals surface area contributed by atoms with Crippen molar-refractivity contribution in [2.24, 2.45) is 0 Å². The van der Waals surface area contributed by atoms with E-state index in [1.807, 2.05) is 0 Å². The van der Waals surface area contributed by atoms with E-state index in [1.54, 1.807) is 24.3 Å². The molecule has 0 aromatic heterocycles. The van der Waals surface area contributed by atoms with E-state index in [0.29, 0.717) is 12.0 Å². The Labute approximate surface area is 159 Å². The molecule has 1 aromatic carbocycles. The number of amides is 2. The second kappa shape index (κ2) is 8.63. The summed E-state index contributed by atoms with van der Waals surface area (Å²) in [7, 11) is -1.62. The lowest BCUT2D eigenvalue weighted by atomic mass is 10.2. The van der Waals surface area contributed by atoms with Crippen LogP contribution in [0.4, 0.5) is 0 Å². The van der Waals surface area contributed by atoms with Crippen molar-refractivity contribution in [2.75, 3.05) is 31.7 Å². The van der Waals surface area contributed by atoms with Crippen LogP contribution in [-0.2, 0) is 24.2 Å². The second-order valence-electron chi connectivity index (χ2n) is 5.92. The van der Waals surface area contributed by atoms with Crippen LogP contribution in [-0.4, -0.2) is 68.8 Å². The van der Waals surface area contributed by atoms with Crippen LogP contribution in [0.5, 0.6) is 0 Å². The van der Waals surface area contributed by atoms with Crippen molar-refractivity contribution >= 4 is 43.6 Å². The summed E-state index contributed by atoms with van der Waals surface area (Å²) in [6.45, 7) is -0.876. The van der Waals surface area contributed by atoms with E-state index in [2.05, 4.69) is 21.2 Å². The molecule has 1 aromatic rings. The highest BCUT2D eigenvalue weighted by atomic mass is 79.9. The van der Waals surface area contributed by atoms with E-state index in [4.69, 9.17) is 4.74 Å². The van der Waals surface area contributed by atoms with Gasteiger partial charge < -0.3 is 15.0 Å². The van der Waals surface area contributed by atoms with Crippen LogP contribution in [0.15, 0.2) is 28.7 Å². The maximum Gasteiger partial charge on any atom is 0.325 e. The summed E-state index contributed by atoms with van der Waals surface area (Å²) in [6.07, 6.45) is 0.376. The Morgan fingerprint density at radius 1 is 1.35 bits per heavy atom. The Balaban J connectivity index is 1.74. The van der Waals surface area contributed by atoms with Crippen molar-refractivity contribution in [2.45, 2.75) is 12.5 Å². The highest BCUT2D eigenvalue weighted by molar-refractivity contribution is 9.10. The van der Waals surface area contributed by atoms with Gasteiger partial charge >= 0.3 is 5.97 Å². The molecule has 2 amide bonds. The number of hydrogen-bond donors (Lipinski definition) is 1. The van der Waals surface area contributed by atoms with Crippen molar-refractivity contribution in [1.82, 2.24) is 10.2 Å². The zero-order valence-electron chi connectivity index (χ0n) is 14.1. The van der Waals surface area contributed by atoms with Crippen molar-refractivity contribution in [3.63, 3.8) is 0 Å².